The van der Waals surface area contributed by atoms with Crippen molar-refractivity contribution in [2.45, 2.75) is 18.3 Å². The van der Waals surface area contributed by atoms with Crippen LogP contribution in [0.1, 0.15) is 45.4 Å². The summed E-state index contributed by atoms with van der Waals surface area (Å²) >= 11 is 23.4. The summed E-state index contributed by atoms with van der Waals surface area (Å²) in [6, 6.07) is 62.7. The average molecular weight is 1830 g/mol. The lowest BCUT2D eigenvalue weighted by Gasteiger charge is -2.12. The Morgan fingerprint density at radius 1 is 0.273 bits per heavy atom. The SMILES string of the molecule is Cn1cc(-c2cc3c(-c4ccc(NC(=O)C(=O)c5ccc(Cl)cc5)cc4)ncnn3c2)cn1.Cn1cc(-c2cc3c(-c4ccc(NC(=O)C(O)c5ccc(Cl)cc5)cc4)ncnn3c2)cn1.Cn1cc(-c2cc3c(-c4ccc(NC(=O)[C@@H](O)c5ccc(Cl)cc5)cc4)ncnn3c2)cn1.Cn1cc(-c2cc3c(-c4ccc(NC(=O)[C@H](O)c5ccc(Cl)cc5)cc4)ncnn3c2)cn1. The number of carbonyl (C=O) groups excluding carboxylic acids is 5. The van der Waals surface area contributed by atoms with E-state index < -0.39 is 47.7 Å². The molecule has 0 aliphatic rings. The smallest absolute Gasteiger partial charge is 0.296 e. The van der Waals surface area contributed by atoms with Gasteiger partial charge in [-0.15, -0.1) is 0 Å². The third-order valence-corrected chi connectivity index (χ3v) is 22.1. The third kappa shape index (κ3) is 20.1. The highest BCUT2D eigenvalue weighted by Crippen LogP contribution is 2.36. The fourth-order valence-corrected chi connectivity index (χ4v) is 14.8. The largest absolute Gasteiger partial charge is 0.378 e. The molecule has 0 fully saturated rings. The van der Waals surface area contributed by atoms with Crippen LogP contribution >= 0.6 is 46.4 Å². The molecule has 0 aliphatic heterocycles. The van der Waals surface area contributed by atoms with Crippen LogP contribution in [0.3, 0.4) is 0 Å². The van der Waals surface area contributed by atoms with Gasteiger partial charge in [0.25, 0.3) is 29.4 Å². The number of aliphatic hydroxyl groups excluding tert-OH is 3. The summed E-state index contributed by atoms with van der Waals surface area (Å²) in [5, 5.41) is 78.0. The molecule has 1 unspecified atom stereocenters. The van der Waals surface area contributed by atoms with E-state index in [9.17, 15) is 39.3 Å². The molecular formula is C96H74Cl4N24O8. The highest BCUT2D eigenvalue weighted by Gasteiger charge is 2.24. The Bertz CT molecular complexity index is 7070. The van der Waals surface area contributed by atoms with Crippen LogP contribution in [0, 0.1) is 0 Å². The normalized spacial score (nSPS) is 11.8. The van der Waals surface area contributed by atoms with Crippen LogP contribution in [0.2, 0.25) is 20.1 Å². The molecule has 0 radical (unpaired) electrons. The molecule has 7 N–H and O–H groups in total. The molecule has 3 atom stereocenters. The van der Waals surface area contributed by atoms with Crippen LogP contribution < -0.4 is 21.3 Å². The molecule has 0 spiro atoms. The molecule has 32 nitrogen and oxygen atoms in total. The van der Waals surface area contributed by atoms with Gasteiger partial charge in [-0.1, -0.05) is 131 Å². The van der Waals surface area contributed by atoms with Crippen molar-refractivity contribution in [2.75, 3.05) is 21.3 Å². The summed E-state index contributed by atoms with van der Waals surface area (Å²) in [6.45, 7) is 0. The number of amides is 4. The first-order chi connectivity index (χ1) is 63.9. The van der Waals surface area contributed by atoms with Crippen LogP contribution in [-0.4, -0.2) is 142 Å². The Balaban J connectivity index is 0.000000123. The fourth-order valence-electron chi connectivity index (χ4n) is 14.3. The zero-order chi connectivity index (χ0) is 91.8. The molecule has 12 aromatic heterocycles. The molecule has 0 saturated carbocycles. The van der Waals surface area contributed by atoms with Gasteiger partial charge in [-0.3, -0.25) is 42.7 Å². The highest BCUT2D eigenvalue weighted by atomic mass is 35.5. The highest BCUT2D eigenvalue weighted by molar-refractivity contribution is 6.46. The van der Waals surface area contributed by atoms with Gasteiger partial charge in [-0.2, -0.15) is 40.8 Å². The standard InChI is InChI=1S/3C24H19ClN6O2.C24H17ClN6O2/c4*1-30-12-18(11-27-30)17-10-21-22(26-14-28-31(21)13-17)15-4-8-20(9-5-15)29-24(33)23(32)16-2-6-19(25)7-3-16/h3*2-14,23,32H,1H3,(H,29,33);2-14H,1H3,(H,29,33)/t2*23-;;/m10../s1. The Kier molecular flexibility index (Phi) is 25.7. The number of aromatic nitrogens is 20. The van der Waals surface area contributed by atoms with Gasteiger partial charge in [-0.25, -0.2) is 38.0 Å². The number of carbonyl (C=O) groups is 5. The van der Waals surface area contributed by atoms with E-state index in [2.05, 4.69) is 82.0 Å². The molecule has 20 rings (SSSR count). The quantitative estimate of drug-likeness (QED) is 0.0275. The molecule has 654 valence electrons. The number of hydrogen-bond acceptors (Lipinski definition) is 20. The minimum absolute atomic E-state index is 0.273. The molecule has 0 saturated heterocycles. The number of rotatable bonds is 20. The average Bonchev–Trinajstić information content (AvgIpc) is 1.64. The topological polar surface area (TPSA) is 386 Å². The summed E-state index contributed by atoms with van der Waals surface area (Å²) in [7, 11) is 7.49. The molecule has 4 amide bonds. The Labute approximate surface area is 770 Å². The summed E-state index contributed by atoms with van der Waals surface area (Å²) in [6.07, 6.45) is 24.8. The molecule has 20 aromatic rings. The lowest BCUT2D eigenvalue weighted by molar-refractivity contribution is -0.124. The summed E-state index contributed by atoms with van der Waals surface area (Å²) < 4.78 is 14.1. The number of aliphatic hydroxyl groups is 3. The molecule has 132 heavy (non-hydrogen) atoms. The van der Waals surface area contributed by atoms with Crippen LogP contribution in [0.15, 0.2) is 318 Å². The van der Waals surface area contributed by atoms with E-state index in [-0.39, 0.29) is 5.56 Å². The number of fused-ring (bicyclic) bond motifs is 4. The predicted octanol–water partition coefficient (Wildman–Crippen LogP) is 16.6. The second-order valence-corrected chi connectivity index (χ2v) is 32.0. The molecule has 8 aromatic carbocycles. The number of benzene rings is 8. The number of aryl methyl sites for hydroxylation is 4. The van der Waals surface area contributed by atoms with Crippen molar-refractivity contribution in [3.63, 3.8) is 0 Å². The Morgan fingerprint density at radius 2 is 0.500 bits per heavy atom. The number of anilines is 4. The van der Waals surface area contributed by atoms with Crippen molar-refractivity contribution in [3.05, 3.63) is 360 Å². The Morgan fingerprint density at radius 3 is 0.727 bits per heavy atom. The first-order valence-corrected chi connectivity index (χ1v) is 42.0. The number of ketones is 1. The monoisotopic (exact) mass is 1830 g/mol. The van der Waals surface area contributed by atoms with Gasteiger partial charge >= 0.3 is 0 Å². The molecular weight excluding hydrogens is 1760 g/mol. The van der Waals surface area contributed by atoms with Crippen molar-refractivity contribution >= 4 is 121 Å². The van der Waals surface area contributed by atoms with Gasteiger partial charge in [0.15, 0.2) is 18.3 Å². The fraction of sp³-hybridized carbons (Fsp3) is 0.0729. The van der Waals surface area contributed by atoms with Crippen molar-refractivity contribution in [1.29, 1.82) is 0 Å². The van der Waals surface area contributed by atoms with Gasteiger partial charge < -0.3 is 36.6 Å². The second kappa shape index (κ2) is 38.7. The first kappa shape index (κ1) is 87.7. The number of halogens is 4. The van der Waals surface area contributed by atoms with E-state index in [1.165, 1.54) is 37.4 Å². The van der Waals surface area contributed by atoms with E-state index in [0.717, 1.165) is 112 Å². The van der Waals surface area contributed by atoms with Crippen LogP contribution in [0.4, 0.5) is 22.7 Å². The summed E-state index contributed by atoms with van der Waals surface area (Å²) in [4.78, 5) is 79.8. The van der Waals surface area contributed by atoms with E-state index in [1.54, 1.807) is 195 Å². The van der Waals surface area contributed by atoms with E-state index in [1.807, 2.05) is 151 Å². The lowest BCUT2D eigenvalue weighted by Crippen LogP contribution is -2.22. The molecule has 12 heterocycles. The number of hydrogen-bond donors (Lipinski definition) is 7. The number of nitrogens with zero attached hydrogens (tertiary/aromatic N) is 20. The molecule has 36 heteroatoms. The van der Waals surface area contributed by atoms with Crippen LogP contribution in [0.25, 0.3) is 112 Å². The van der Waals surface area contributed by atoms with Gasteiger partial charge in [-0.05, 0) is 150 Å². The summed E-state index contributed by atoms with van der Waals surface area (Å²) in [5.41, 5.74) is 21.7. The Hall–Kier alpha value is -16.3. The van der Waals surface area contributed by atoms with Crippen molar-refractivity contribution in [1.82, 2.24) is 97.5 Å². The van der Waals surface area contributed by atoms with E-state index >= 15 is 0 Å². The van der Waals surface area contributed by atoms with Crippen LogP contribution in [-0.2, 0) is 47.4 Å². The minimum Gasteiger partial charge on any atom is -0.378 e. The van der Waals surface area contributed by atoms with Gasteiger partial charge in [0, 0.05) is 193 Å². The lowest BCUT2D eigenvalue weighted by atomic mass is 10.1. The number of Topliss-reactive ketones (excluding diaryl/α,β-unsaturated/α-hetero) is 1. The maximum Gasteiger partial charge on any atom is 0.296 e. The second-order valence-electron chi connectivity index (χ2n) is 30.2. The maximum atomic E-state index is 12.4. The van der Waals surface area contributed by atoms with E-state index in [4.69, 9.17) is 46.4 Å². The summed E-state index contributed by atoms with van der Waals surface area (Å²) in [5.74, 6) is -2.93. The first-order valence-electron chi connectivity index (χ1n) is 40.5. The minimum atomic E-state index is -1.30. The van der Waals surface area contributed by atoms with Crippen molar-refractivity contribution < 1.29 is 39.3 Å². The van der Waals surface area contributed by atoms with E-state index in [0.29, 0.717) is 59.5 Å². The van der Waals surface area contributed by atoms with Crippen molar-refractivity contribution in [3.8, 4) is 89.5 Å². The third-order valence-electron chi connectivity index (χ3n) is 21.1. The molecule has 0 bridgehead atoms. The molecule has 0 aliphatic carbocycles. The number of nitrogens with one attached hydrogen (secondary N) is 4. The maximum absolute atomic E-state index is 12.4. The van der Waals surface area contributed by atoms with Crippen molar-refractivity contribution in [2.24, 2.45) is 28.2 Å². The van der Waals surface area contributed by atoms with Gasteiger partial charge in [0.2, 0.25) is 0 Å². The predicted molar refractivity (Wildman–Crippen MR) is 502 cm³/mol. The van der Waals surface area contributed by atoms with Gasteiger partial charge in [0.1, 0.15) is 25.3 Å². The zero-order valence-corrected chi connectivity index (χ0v) is 73.1. The van der Waals surface area contributed by atoms with Gasteiger partial charge in [0.05, 0.1) is 69.6 Å². The van der Waals surface area contributed by atoms with Crippen LogP contribution in [0.5, 0.6) is 0 Å². The zero-order valence-electron chi connectivity index (χ0n) is 70.1.